The molecule has 1 aromatic heterocycles. The first-order valence-electron chi connectivity index (χ1n) is 12.0. The van der Waals surface area contributed by atoms with Crippen LogP contribution in [-0.4, -0.2) is 40.9 Å². The summed E-state index contributed by atoms with van der Waals surface area (Å²) in [7, 11) is 1.41. The lowest BCUT2D eigenvalue weighted by atomic mass is 9.62. The summed E-state index contributed by atoms with van der Waals surface area (Å²) in [5.41, 5.74) is -0.0613. The summed E-state index contributed by atoms with van der Waals surface area (Å²) in [4.78, 5) is 12.4. The van der Waals surface area contributed by atoms with Crippen molar-refractivity contribution in [1.82, 2.24) is 0 Å². The van der Waals surface area contributed by atoms with Crippen LogP contribution in [0.1, 0.15) is 62.7 Å². The number of methoxy groups -OCH3 is 1. The number of hydrogen-bond donors (Lipinski definition) is 2. The molecule has 184 valence electrons. The topological polar surface area (TPSA) is 66.8 Å². The van der Waals surface area contributed by atoms with Crippen molar-refractivity contribution in [3.63, 3.8) is 0 Å². The van der Waals surface area contributed by atoms with Gasteiger partial charge in [-0.05, 0) is 69.4 Å². The van der Waals surface area contributed by atoms with Gasteiger partial charge in [0.1, 0.15) is 0 Å². The number of hydrogen-bond acceptors (Lipinski definition) is 5. The summed E-state index contributed by atoms with van der Waals surface area (Å²) in [5.74, 6) is -0.0240. The lowest BCUT2D eigenvalue weighted by molar-refractivity contribution is -0.140. The number of aliphatic hydroxyl groups is 2. The van der Waals surface area contributed by atoms with E-state index in [0.717, 1.165) is 49.3 Å². The van der Waals surface area contributed by atoms with Crippen LogP contribution in [0.4, 0.5) is 0 Å². The molecule has 0 amide bonds. The number of carbonyl (C=O) groups excluding carboxylic acids is 1. The van der Waals surface area contributed by atoms with Crippen LogP contribution < -0.4 is 0 Å². The lowest BCUT2D eigenvalue weighted by Crippen LogP contribution is -2.42. The summed E-state index contributed by atoms with van der Waals surface area (Å²) >= 11 is 14.3. The van der Waals surface area contributed by atoms with Gasteiger partial charge in [-0.1, -0.05) is 42.3 Å². The molecular weight excluding hydrogens is 479 g/mol. The van der Waals surface area contributed by atoms with Crippen molar-refractivity contribution in [3.8, 4) is 0 Å². The minimum Gasteiger partial charge on any atom is -0.469 e. The Morgan fingerprint density at radius 1 is 1.33 bits per heavy atom. The number of alkyl halides is 1. The Morgan fingerprint density at radius 2 is 2.12 bits per heavy atom. The van der Waals surface area contributed by atoms with Crippen LogP contribution in [0.25, 0.3) is 0 Å². The first kappa shape index (κ1) is 26.7. The van der Waals surface area contributed by atoms with Gasteiger partial charge in [0.2, 0.25) is 0 Å². The molecular formula is C26H36Cl2O4S. The van der Waals surface area contributed by atoms with Crippen LogP contribution in [0.5, 0.6) is 0 Å². The first-order chi connectivity index (χ1) is 15.8. The Labute approximate surface area is 211 Å². The molecule has 3 rings (SSSR count). The third kappa shape index (κ3) is 7.32. The Kier molecular flexibility index (Phi) is 10.3. The molecule has 1 aromatic rings. The number of unbranched alkanes of at least 4 members (excludes halogenated alkanes) is 1. The second-order valence-electron chi connectivity index (χ2n) is 9.51. The van der Waals surface area contributed by atoms with Crippen molar-refractivity contribution in [3.05, 3.63) is 45.7 Å². The van der Waals surface area contributed by atoms with Crippen molar-refractivity contribution in [2.24, 2.45) is 17.3 Å². The quantitative estimate of drug-likeness (QED) is 0.148. The smallest absolute Gasteiger partial charge is 0.305 e. The standard InChI is InChI=1S/C26H36Cl2O4S/c1-32-25(31)11-5-3-2-4-8-19-20(22(29)16-21(19)27)9-6-10-23(30)26(14-7-15-26)17-18-12-13-24(28)33-18/h2,4,6,9,12-13,19-23,29-30H,3,5,7-8,10-11,14-17H2,1H3/b4-2-,9-6+/t19-,20-,21-,22-,23?/m1/s1. The number of ether oxygens (including phenoxy) is 1. The van der Waals surface area contributed by atoms with Gasteiger partial charge >= 0.3 is 5.97 Å². The molecule has 0 radical (unpaired) electrons. The van der Waals surface area contributed by atoms with Crippen LogP contribution >= 0.6 is 34.5 Å². The highest BCUT2D eigenvalue weighted by molar-refractivity contribution is 7.16. The van der Waals surface area contributed by atoms with E-state index < -0.39 is 12.2 Å². The normalized spacial score (nSPS) is 27.8. The van der Waals surface area contributed by atoms with Crippen LogP contribution in [0.15, 0.2) is 36.4 Å². The van der Waals surface area contributed by atoms with E-state index >= 15 is 0 Å². The molecule has 2 N–H and O–H groups in total. The number of carbonyl (C=O) groups is 1. The molecule has 7 heteroatoms. The summed E-state index contributed by atoms with van der Waals surface area (Å²) in [6.07, 6.45) is 15.5. The van der Waals surface area contributed by atoms with E-state index in [2.05, 4.69) is 29.0 Å². The maximum absolute atomic E-state index is 11.2. The fourth-order valence-corrected chi connectivity index (χ4v) is 6.87. The molecule has 2 aliphatic carbocycles. The number of rotatable bonds is 12. The highest BCUT2D eigenvalue weighted by Gasteiger charge is 2.43. The number of aliphatic hydroxyl groups excluding tert-OH is 2. The molecule has 0 aliphatic heterocycles. The number of allylic oxidation sites excluding steroid dienone is 2. The van der Waals surface area contributed by atoms with Crippen LogP contribution in [-0.2, 0) is 16.0 Å². The predicted octanol–water partition coefficient (Wildman–Crippen LogP) is 6.32. The molecule has 5 atom stereocenters. The average Bonchev–Trinajstić information content (AvgIpc) is 3.28. The number of esters is 1. The zero-order chi connectivity index (χ0) is 23.8. The third-order valence-corrected chi connectivity index (χ3v) is 9.09. The van der Waals surface area contributed by atoms with E-state index in [1.54, 1.807) is 11.3 Å². The molecule has 0 bridgehead atoms. The summed E-state index contributed by atoms with van der Waals surface area (Å²) in [5, 5.41) is 21.5. The summed E-state index contributed by atoms with van der Waals surface area (Å²) in [6, 6.07) is 4.00. The molecule has 2 fully saturated rings. The second-order valence-corrected chi connectivity index (χ2v) is 11.9. The van der Waals surface area contributed by atoms with Crippen molar-refractivity contribution >= 4 is 40.5 Å². The van der Waals surface area contributed by atoms with E-state index in [1.165, 1.54) is 12.0 Å². The summed E-state index contributed by atoms with van der Waals surface area (Å²) in [6.45, 7) is 0. The maximum Gasteiger partial charge on any atom is 0.305 e. The molecule has 33 heavy (non-hydrogen) atoms. The minimum absolute atomic E-state index is 0.00661. The summed E-state index contributed by atoms with van der Waals surface area (Å²) < 4.78 is 5.45. The first-order valence-corrected chi connectivity index (χ1v) is 13.6. The fraction of sp³-hybridized carbons (Fsp3) is 0.654. The monoisotopic (exact) mass is 514 g/mol. The molecule has 2 aliphatic rings. The van der Waals surface area contributed by atoms with E-state index in [0.29, 0.717) is 19.3 Å². The molecule has 2 saturated carbocycles. The Hall–Kier alpha value is -0.850. The van der Waals surface area contributed by atoms with Gasteiger partial charge in [0.15, 0.2) is 0 Å². The van der Waals surface area contributed by atoms with Crippen LogP contribution in [0, 0.1) is 17.3 Å². The molecule has 0 spiro atoms. The van der Waals surface area contributed by atoms with E-state index in [1.807, 2.05) is 12.1 Å². The largest absolute Gasteiger partial charge is 0.469 e. The Balaban J connectivity index is 1.50. The van der Waals surface area contributed by atoms with Crippen LogP contribution in [0.3, 0.4) is 0 Å². The van der Waals surface area contributed by atoms with Crippen LogP contribution in [0.2, 0.25) is 4.34 Å². The van der Waals surface area contributed by atoms with Gasteiger partial charge in [0, 0.05) is 28.0 Å². The van der Waals surface area contributed by atoms with Crippen molar-refractivity contribution in [2.45, 2.75) is 81.8 Å². The Morgan fingerprint density at radius 3 is 2.76 bits per heavy atom. The molecule has 0 aromatic carbocycles. The van der Waals surface area contributed by atoms with Gasteiger partial charge in [-0.15, -0.1) is 22.9 Å². The number of halogens is 2. The van der Waals surface area contributed by atoms with Gasteiger partial charge in [-0.25, -0.2) is 0 Å². The van der Waals surface area contributed by atoms with Gasteiger partial charge in [-0.2, -0.15) is 0 Å². The molecule has 0 saturated heterocycles. The van der Waals surface area contributed by atoms with E-state index in [-0.39, 0.29) is 28.6 Å². The maximum atomic E-state index is 11.2. The molecule has 1 unspecified atom stereocenters. The van der Waals surface area contributed by atoms with Gasteiger partial charge in [-0.3, -0.25) is 4.79 Å². The van der Waals surface area contributed by atoms with E-state index in [9.17, 15) is 15.0 Å². The van der Waals surface area contributed by atoms with Gasteiger partial charge in [0.25, 0.3) is 0 Å². The zero-order valence-electron chi connectivity index (χ0n) is 19.3. The highest BCUT2D eigenvalue weighted by Crippen LogP contribution is 2.49. The fourth-order valence-electron chi connectivity index (χ4n) is 5.17. The number of thiophene rings is 1. The third-order valence-electron chi connectivity index (χ3n) is 7.35. The predicted molar refractivity (Wildman–Crippen MR) is 136 cm³/mol. The minimum atomic E-state index is -0.454. The van der Waals surface area contributed by atoms with E-state index in [4.69, 9.17) is 23.2 Å². The van der Waals surface area contributed by atoms with Gasteiger partial charge < -0.3 is 14.9 Å². The SMILES string of the molecule is COC(=O)CCC/C=C\C[C@@H]1[C@@H](/C=C/CC(O)C2(Cc3ccc(Cl)s3)CCC2)[C@H](O)C[C@H]1Cl. The zero-order valence-corrected chi connectivity index (χ0v) is 21.6. The van der Waals surface area contributed by atoms with Crippen molar-refractivity contribution in [1.29, 1.82) is 0 Å². The second kappa shape index (κ2) is 12.7. The Bertz CT molecular complexity index is 817. The highest BCUT2D eigenvalue weighted by atomic mass is 35.5. The molecule has 1 heterocycles. The van der Waals surface area contributed by atoms with Gasteiger partial charge in [0.05, 0.1) is 23.7 Å². The lowest BCUT2D eigenvalue weighted by Gasteiger charge is -2.45. The molecule has 4 nitrogen and oxygen atoms in total. The van der Waals surface area contributed by atoms with Crippen molar-refractivity contribution in [2.75, 3.05) is 7.11 Å². The average molecular weight is 516 g/mol. The van der Waals surface area contributed by atoms with Crippen molar-refractivity contribution < 1.29 is 19.7 Å².